The van der Waals surface area contributed by atoms with Crippen molar-refractivity contribution in [3.05, 3.63) is 33.8 Å². The minimum atomic E-state index is 0.269. The molecule has 1 fully saturated rings. The summed E-state index contributed by atoms with van der Waals surface area (Å²) in [4.78, 5) is 0. The lowest BCUT2D eigenvalue weighted by molar-refractivity contribution is 0.175. The van der Waals surface area contributed by atoms with Gasteiger partial charge in [0.25, 0.3) is 0 Å². The van der Waals surface area contributed by atoms with Gasteiger partial charge in [-0.15, -0.1) is 0 Å². The van der Waals surface area contributed by atoms with Gasteiger partial charge in [0.2, 0.25) is 0 Å². The highest BCUT2D eigenvalue weighted by Crippen LogP contribution is 2.33. The van der Waals surface area contributed by atoms with Gasteiger partial charge in [-0.05, 0) is 36.0 Å². The molecular weight excluding hydrogens is 255 g/mol. The van der Waals surface area contributed by atoms with E-state index in [2.05, 4.69) is 0 Å². The first kappa shape index (κ1) is 13.2. The highest BCUT2D eigenvalue weighted by molar-refractivity contribution is 6.42. The van der Waals surface area contributed by atoms with E-state index in [1.165, 1.54) is 31.2 Å². The molecule has 0 aromatic heterocycles. The molecule has 17 heavy (non-hydrogen) atoms. The van der Waals surface area contributed by atoms with Gasteiger partial charge in [0.1, 0.15) is 0 Å². The van der Waals surface area contributed by atoms with E-state index in [-0.39, 0.29) is 6.61 Å². The third kappa shape index (κ3) is 3.37. The molecule has 1 saturated carbocycles. The van der Waals surface area contributed by atoms with Gasteiger partial charge in [-0.1, -0.05) is 55.0 Å². The van der Waals surface area contributed by atoms with Crippen molar-refractivity contribution in [1.29, 1.82) is 0 Å². The van der Waals surface area contributed by atoms with Crippen LogP contribution in [0.3, 0.4) is 0 Å². The van der Waals surface area contributed by atoms with Crippen LogP contribution >= 0.6 is 23.2 Å². The number of halogens is 2. The lowest BCUT2D eigenvalue weighted by atomic mass is 9.86. The SMILES string of the molecule is OCC(Cc1ccc(Cl)c(Cl)c1)C1CCCC1. The second-order valence-electron chi connectivity index (χ2n) is 4.94. The average molecular weight is 273 g/mol. The summed E-state index contributed by atoms with van der Waals surface area (Å²) in [5, 5.41) is 10.7. The molecule has 1 unspecified atom stereocenters. The Labute approximate surface area is 113 Å². The zero-order valence-electron chi connectivity index (χ0n) is 9.83. The van der Waals surface area contributed by atoms with Crippen molar-refractivity contribution in [3.63, 3.8) is 0 Å². The number of rotatable bonds is 4. The second kappa shape index (κ2) is 6.08. The fourth-order valence-electron chi connectivity index (χ4n) is 2.78. The van der Waals surface area contributed by atoms with E-state index in [0.29, 0.717) is 21.9 Å². The van der Waals surface area contributed by atoms with Crippen LogP contribution < -0.4 is 0 Å². The first-order chi connectivity index (χ1) is 8.20. The monoisotopic (exact) mass is 272 g/mol. The van der Waals surface area contributed by atoms with Crippen molar-refractivity contribution < 1.29 is 5.11 Å². The number of aliphatic hydroxyl groups excluding tert-OH is 1. The predicted molar refractivity (Wildman–Crippen MR) is 72.7 cm³/mol. The molecule has 1 aromatic rings. The molecule has 1 aliphatic rings. The molecule has 1 nitrogen and oxygen atoms in total. The van der Waals surface area contributed by atoms with Gasteiger partial charge in [-0.25, -0.2) is 0 Å². The summed E-state index contributed by atoms with van der Waals surface area (Å²) in [7, 11) is 0. The molecule has 1 atom stereocenters. The maximum atomic E-state index is 9.51. The van der Waals surface area contributed by atoms with Gasteiger partial charge >= 0.3 is 0 Å². The largest absolute Gasteiger partial charge is 0.396 e. The van der Waals surface area contributed by atoms with Crippen LogP contribution in [-0.4, -0.2) is 11.7 Å². The van der Waals surface area contributed by atoms with Gasteiger partial charge in [0, 0.05) is 6.61 Å². The van der Waals surface area contributed by atoms with Gasteiger partial charge < -0.3 is 5.11 Å². The Hall–Kier alpha value is -0.240. The Kier molecular flexibility index (Phi) is 4.72. The summed E-state index contributed by atoms with van der Waals surface area (Å²) in [6, 6.07) is 5.76. The lowest BCUT2D eigenvalue weighted by Crippen LogP contribution is -2.18. The minimum Gasteiger partial charge on any atom is -0.396 e. The Morgan fingerprint density at radius 2 is 1.88 bits per heavy atom. The summed E-state index contributed by atoms with van der Waals surface area (Å²) < 4.78 is 0. The average Bonchev–Trinajstić information content (AvgIpc) is 2.84. The molecule has 3 heteroatoms. The Balaban J connectivity index is 2.04. The van der Waals surface area contributed by atoms with E-state index in [0.717, 1.165) is 6.42 Å². The maximum Gasteiger partial charge on any atom is 0.0595 e. The van der Waals surface area contributed by atoms with Crippen molar-refractivity contribution in [3.8, 4) is 0 Å². The van der Waals surface area contributed by atoms with Gasteiger partial charge in [0.05, 0.1) is 10.0 Å². The van der Waals surface area contributed by atoms with Crippen LogP contribution in [0.25, 0.3) is 0 Å². The minimum absolute atomic E-state index is 0.269. The van der Waals surface area contributed by atoms with Gasteiger partial charge in [-0.2, -0.15) is 0 Å². The standard InChI is InChI=1S/C14H18Cl2O/c15-13-6-5-10(8-14(13)16)7-12(9-17)11-3-1-2-4-11/h5-6,8,11-12,17H,1-4,7,9H2. The van der Waals surface area contributed by atoms with E-state index in [4.69, 9.17) is 23.2 Å². The molecule has 94 valence electrons. The van der Waals surface area contributed by atoms with Crippen molar-refractivity contribution in [2.24, 2.45) is 11.8 Å². The molecule has 0 bridgehead atoms. The van der Waals surface area contributed by atoms with E-state index < -0.39 is 0 Å². The highest BCUT2D eigenvalue weighted by Gasteiger charge is 2.24. The maximum absolute atomic E-state index is 9.51. The van der Waals surface area contributed by atoms with Crippen LogP contribution in [0.15, 0.2) is 18.2 Å². The van der Waals surface area contributed by atoms with E-state index in [1.54, 1.807) is 0 Å². The van der Waals surface area contributed by atoms with Crippen molar-refractivity contribution in [2.75, 3.05) is 6.61 Å². The first-order valence-electron chi connectivity index (χ1n) is 6.25. The van der Waals surface area contributed by atoms with E-state index in [9.17, 15) is 5.11 Å². The van der Waals surface area contributed by atoms with Crippen molar-refractivity contribution in [1.82, 2.24) is 0 Å². The summed E-state index contributed by atoms with van der Waals surface area (Å²) >= 11 is 11.9. The Morgan fingerprint density at radius 1 is 1.18 bits per heavy atom. The smallest absolute Gasteiger partial charge is 0.0595 e. The third-order valence-electron chi connectivity index (χ3n) is 3.78. The number of benzene rings is 1. The molecule has 1 aliphatic carbocycles. The molecule has 0 radical (unpaired) electrons. The normalized spacial score (nSPS) is 18.5. The summed E-state index contributed by atoms with van der Waals surface area (Å²) in [5.74, 6) is 1.05. The quantitative estimate of drug-likeness (QED) is 0.865. The highest BCUT2D eigenvalue weighted by atomic mass is 35.5. The molecule has 0 aliphatic heterocycles. The number of hydrogen-bond acceptors (Lipinski definition) is 1. The van der Waals surface area contributed by atoms with Crippen LogP contribution in [-0.2, 0) is 6.42 Å². The van der Waals surface area contributed by atoms with Crippen LogP contribution in [0.4, 0.5) is 0 Å². The number of aliphatic hydroxyl groups is 1. The van der Waals surface area contributed by atoms with Crippen molar-refractivity contribution in [2.45, 2.75) is 32.1 Å². The van der Waals surface area contributed by atoms with Gasteiger partial charge in [-0.3, -0.25) is 0 Å². The third-order valence-corrected chi connectivity index (χ3v) is 4.52. The van der Waals surface area contributed by atoms with Crippen LogP contribution in [0, 0.1) is 11.8 Å². The molecule has 2 rings (SSSR count). The summed E-state index contributed by atoms with van der Waals surface area (Å²) in [6.45, 7) is 0.269. The predicted octanol–water partition coefficient (Wildman–Crippen LogP) is 4.33. The zero-order valence-corrected chi connectivity index (χ0v) is 11.3. The topological polar surface area (TPSA) is 20.2 Å². The lowest BCUT2D eigenvalue weighted by Gasteiger charge is -2.21. The zero-order chi connectivity index (χ0) is 12.3. The molecule has 0 saturated heterocycles. The second-order valence-corrected chi connectivity index (χ2v) is 5.75. The Morgan fingerprint density at radius 3 is 2.47 bits per heavy atom. The van der Waals surface area contributed by atoms with Crippen LogP contribution in [0.5, 0.6) is 0 Å². The summed E-state index contributed by atoms with van der Waals surface area (Å²) in [6.07, 6.45) is 6.03. The fourth-order valence-corrected chi connectivity index (χ4v) is 3.10. The molecule has 1 N–H and O–H groups in total. The molecule has 0 heterocycles. The van der Waals surface area contributed by atoms with Crippen LogP contribution in [0.1, 0.15) is 31.2 Å². The van der Waals surface area contributed by atoms with Crippen molar-refractivity contribution >= 4 is 23.2 Å². The van der Waals surface area contributed by atoms with Crippen LogP contribution in [0.2, 0.25) is 10.0 Å². The first-order valence-corrected chi connectivity index (χ1v) is 7.01. The molecule has 0 spiro atoms. The molecular formula is C14H18Cl2O. The van der Waals surface area contributed by atoms with E-state index in [1.807, 2.05) is 18.2 Å². The van der Waals surface area contributed by atoms with Gasteiger partial charge in [0.15, 0.2) is 0 Å². The van der Waals surface area contributed by atoms with E-state index >= 15 is 0 Å². The molecule has 0 amide bonds. The molecule has 1 aromatic carbocycles. The summed E-state index contributed by atoms with van der Waals surface area (Å²) in [5.41, 5.74) is 1.17. The number of hydrogen-bond donors (Lipinski definition) is 1. The Bertz CT molecular complexity index is 372. The fraction of sp³-hybridized carbons (Fsp3) is 0.571.